The molecule has 1 aliphatic rings. The van der Waals surface area contributed by atoms with E-state index in [4.69, 9.17) is 5.26 Å². The Bertz CT molecular complexity index is 415. The lowest BCUT2D eigenvalue weighted by atomic mass is 10.1. The molecule has 0 unspecified atom stereocenters. The Morgan fingerprint density at radius 2 is 2.06 bits per heavy atom. The molecule has 2 rings (SSSR count). The third kappa shape index (κ3) is 2.31. The first-order chi connectivity index (χ1) is 7.79. The molecular weight excluding hydrogens is 202 g/mol. The van der Waals surface area contributed by atoms with Gasteiger partial charge in [-0.15, -0.1) is 0 Å². The second kappa shape index (κ2) is 4.67. The lowest BCUT2D eigenvalue weighted by molar-refractivity contribution is 0.167. The summed E-state index contributed by atoms with van der Waals surface area (Å²) in [7, 11) is 0. The van der Waals surface area contributed by atoms with Crippen LogP contribution < -0.4 is 5.32 Å². The predicted octanol–water partition coefficient (Wildman–Crippen LogP) is 1.47. The summed E-state index contributed by atoms with van der Waals surface area (Å²) < 4.78 is 0. The average Bonchev–Trinajstić information content (AvgIpc) is 2.25. The Balaban J connectivity index is 1.84. The minimum atomic E-state index is -0.00407. The molecular formula is C12H13N3O. The van der Waals surface area contributed by atoms with E-state index in [1.165, 1.54) is 0 Å². The molecule has 1 aromatic carbocycles. The van der Waals surface area contributed by atoms with E-state index in [1.807, 2.05) is 12.1 Å². The highest BCUT2D eigenvalue weighted by Crippen LogP contribution is 2.07. The van der Waals surface area contributed by atoms with Crippen LogP contribution >= 0.6 is 0 Å². The summed E-state index contributed by atoms with van der Waals surface area (Å²) in [6.45, 7) is 2.24. The van der Waals surface area contributed by atoms with Crippen LogP contribution in [0.3, 0.4) is 0 Å². The van der Waals surface area contributed by atoms with Crippen molar-refractivity contribution in [2.75, 3.05) is 13.1 Å². The zero-order chi connectivity index (χ0) is 11.4. The first-order valence-corrected chi connectivity index (χ1v) is 5.31. The normalized spacial score (nSPS) is 13.8. The molecule has 1 saturated heterocycles. The van der Waals surface area contributed by atoms with Crippen LogP contribution in [0.4, 0.5) is 4.79 Å². The quantitative estimate of drug-likeness (QED) is 0.812. The predicted molar refractivity (Wildman–Crippen MR) is 59.6 cm³/mol. The maximum atomic E-state index is 11.5. The second-order valence-electron chi connectivity index (χ2n) is 3.81. The topological polar surface area (TPSA) is 56.1 Å². The Morgan fingerprint density at radius 3 is 2.56 bits per heavy atom. The molecule has 1 N–H and O–H groups in total. The summed E-state index contributed by atoms with van der Waals surface area (Å²) in [4.78, 5) is 13.3. The Labute approximate surface area is 94.5 Å². The fourth-order valence-corrected chi connectivity index (χ4v) is 1.51. The van der Waals surface area contributed by atoms with E-state index in [-0.39, 0.29) is 6.03 Å². The van der Waals surface area contributed by atoms with E-state index in [9.17, 15) is 4.79 Å². The molecule has 1 aromatic rings. The van der Waals surface area contributed by atoms with E-state index in [0.29, 0.717) is 12.1 Å². The van der Waals surface area contributed by atoms with Crippen molar-refractivity contribution < 1.29 is 4.79 Å². The molecule has 1 aliphatic heterocycles. The smallest absolute Gasteiger partial charge is 0.317 e. The van der Waals surface area contributed by atoms with E-state index in [2.05, 4.69) is 11.4 Å². The minimum Gasteiger partial charge on any atom is -0.334 e. The number of nitrogens with zero attached hydrogens (tertiary/aromatic N) is 2. The van der Waals surface area contributed by atoms with Crippen molar-refractivity contribution in [3.05, 3.63) is 35.4 Å². The highest BCUT2D eigenvalue weighted by atomic mass is 16.2. The number of hydrogen-bond donors (Lipinski definition) is 1. The molecule has 0 aromatic heterocycles. The van der Waals surface area contributed by atoms with E-state index in [0.717, 1.165) is 25.1 Å². The first kappa shape index (κ1) is 10.5. The Hall–Kier alpha value is -2.02. The van der Waals surface area contributed by atoms with Gasteiger partial charge in [-0.1, -0.05) is 12.1 Å². The van der Waals surface area contributed by atoms with E-state index >= 15 is 0 Å². The van der Waals surface area contributed by atoms with Crippen LogP contribution in [0.15, 0.2) is 24.3 Å². The summed E-state index contributed by atoms with van der Waals surface area (Å²) in [6.07, 6.45) is 1.10. The van der Waals surface area contributed by atoms with Crippen molar-refractivity contribution >= 4 is 6.03 Å². The van der Waals surface area contributed by atoms with Crippen molar-refractivity contribution in [3.63, 3.8) is 0 Å². The molecule has 0 saturated carbocycles. The number of benzene rings is 1. The molecule has 0 spiro atoms. The zero-order valence-electron chi connectivity index (χ0n) is 8.94. The van der Waals surface area contributed by atoms with Crippen molar-refractivity contribution in [2.45, 2.75) is 13.0 Å². The van der Waals surface area contributed by atoms with Crippen molar-refractivity contribution in [2.24, 2.45) is 0 Å². The van der Waals surface area contributed by atoms with Gasteiger partial charge in [0.05, 0.1) is 11.6 Å². The van der Waals surface area contributed by atoms with Gasteiger partial charge in [-0.2, -0.15) is 5.26 Å². The number of carbonyl (C=O) groups is 1. The summed E-state index contributed by atoms with van der Waals surface area (Å²) in [5.74, 6) is 0. The number of nitrogens with one attached hydrogen (secondary N) is 1. The molecule has 0 atom stereocenters. The molecule has 1 heterocycles. The maximum absolute atomic E-state index is 11.5. The van der Waals surface area contributed by atoms with Crippen LogP contribution in [0.5, 0.6) is 0 Å². The van der Waals surface area contributed by atoms with Gasteiger partial charge in [-0.3, -0.25) is 0 Å². The van der Waals surface area contributed by atoms with Crippen LogP contribution in [0.2, 0.25) is 0 Å². The van der Waals surface area contributed by atoms with Crippen LogP contribution in [-0.4, -0.2) is 24.0 Å². The fourth-order valence-electron chi connectivity index (χ4n) is 1.51. The van der Waals surface area contributed by atoms with Gasteiger partial charge in [0.25, 0.3) is 0 Å². The Kier molecular flexibility index (Phi) is 3.06. The van der Waals surface area contributed by atoms with Gasteiger partial charge in [-0.25, -0.2) is 4.79 Å². The molecule has 0 bridgehead atoms. The number of likely N-dealkylation sites (tertiary alicyclic amines) is 1. The monoisotopic (exact) mass is 215 g/mol. The van der Waals surface area contributed by atoms with E-state index in [1.54, 1.807) is 17.0 Å². The maximum Gasteiger partial charge on any atom is 0.317 e. The second-order valence-corrected chi connectivity index (χ2v) is 3.81. The van der Waals surface area contributed by atoms with Crippen LogP contribution in [0.25, 0.3) is 0 Å². The van der Waals surface area contributed by atoms with Gasteiger partial charge in [0.1, 0.15) is 0 Å². The molecule has 2 amide bonds. The number of nitriles is 1. The van der Waals surface area contributed by atoms with Crippen LogP contribution in [0.1, 0.15) is 17.5 Å². The van der Waals surface area contributed by atoms with Crippen molar-refractivity contribution in [3.8, 4) is 6.07 Å². The third-order valence-electron chi connectivity index (χ3n) is 2.67. The van der Waals surface area contributed by atoms with Gasteiger partial charge in [0, 0.05) is 19.6 Å². The number of amides is 2. The van der Waals surface area contributed by atoms with Gasteiger partial charge in [0.2, 0.25) is 0 Å². The molecule has 0 radical (unpaired) electrons. The molecule has 0 aliphatic carbocycles. The summed E-state index contributed by atoms with van der Waals surface area (Å²) in [5.41, 5.74) is 1.64. The van der Waals surface area contributed by atoms with Crippen molar-refractivity contribution in [1.82, 2.24) is 10.2 Å². The van der Waals surface area contributed by atoms with Gasteiger partial charge >= 0.3 is 6.03 Å². The molecule has 16 heavy (non-hydrogen) atoms. The highest BCUT2D eigenvalue weighted by Gasteiger charge is 2.19. The molecule has 82 valence electrons. The first-order valence-electron chi connectivity index (χ1n) is 5.31. The van der Waals surface area contributed by atoms with Gasteiger partial charge in [0.15, 0.2) is 0 Å². The lowest BCUT2D eigenvalue weighted by Crippen LogP contribution is -2.47. The number of hydrogen-bond acceptors (Lipinski definition) is 2. The fraction of sp³-hybridized carbons (Fsp3) is 0.333. The minimum absolute atomic E-state index is 0.00407. The molecule has 4 nitrogen and oxygen atoms in total. The summed E-state index contributed by atoms with van der Waals surface area (Å²) in [6, 6.07) is 9.28. The highest BCUT2D eigenvalue weighted by molar-refractivity contribution is 5.74. The zero-order valence-corrected chi connectivity index (χ0v) is 8.94. The SMILES string of the molecule is N#Cc1ccc(CNC(=O)N2CCC2)cc1. The van der Waals surface area contributed by atoms with Gasteiger partial charge < -0.3 is 10.2 Å². The molecule has 1 fully saturated rings. The van der Waals surface area contributed by atoms with Crippen LogP contribution in [-0.2, 0) is 6.54 Å². The summed E-state index contributed by atoms with van der Waals surface area (Å²) in [5, 5.41) is 11.5. The lowest BCUT2D eigenvalue weighted by Gasteiger charge is -2.30. The van der Waals surface area contributed by atoms with Gasteiger partial charge in [-0.05, 0) is 24.1 Å². The number of carbonyl (C=O) groups excluding carboxylic acids is 1. The van der Waals surface area contributed by atoms with Crippen LogP contribution in [0, 0.1) is 11.3 Å². The number of urea groups is 1. The van der Waals surface area contributed by atoms with Crippen molar-refractivity contribution in [1.29, 1.82) is 5.26 Å². The largest absolute Gasteiger partial charge is 0.334 e. The molecule has 4 heteroatoms. The van der Waals surface area contributed by atoms with E-state index < -0.39 is 0 Å². The third-order valence-corrected chi connectivity index (χ3v) is 2.67. The standard InChI is InChI=1S/C12H13N3O/c13-8-10-2-4-11(5-3-10)9-14-12(16)15-6-1-7-15/h2-5H,1,6-7,9H2,(H,14,16). The summed E-state index contributed by atoms with van der Waals surface area (Å²) >= 11 is 0. The number of rotatable bonds is 2. The Morgan fingerprint density at radius 1 is 1.38 bits per heavy atom. The average molecular weight is 215 g/mol.